The number of phenolic OH excluding ortho intramolecular Hbond substituents is 2. The molecular weight excluding hydrogens is 428 g/mol. The Kier molecular flexibility index (Phi) is 4.43. The first-order valence-corrected chi connectivity index (χ1v) is 9.80. The molecule has 4 N–H and O–H groups in total. The first-order valence-electron chi connectivity index (χ1n) is 9.80. The molecule has 0 bridgehead atoms. The molecule has 0 unspecified atom stereocenters. The van der Waals surface area contributed by atoms with E-state index >= 15 is 0 Å². The summed E-state index contributed by atoms with van der Waals surface area (Å²) in [6, 6.07) is 16.6. The molecule has 0 atom stereocenters. The van der Waals surface area contributed by atoms with Gasteiger partial charge in [-0.15, -0.1) is 0 Å². The highest BCUT2D eigenvalue weighted by atomic mass is 16.6. The van der Waals surface area contributed by atoms with Crippen LogP contribution in [-0.2, 0) is 19.9 Å². The number of nitrogens with two attached hydrogens (primary N) is 1. The lowest BCUT2D eigenvalue weighted by atomic mass is 9.77. The van der Waals surface area contributed by atoms with Crippen LogP contribution in [0.15, 0.2) is 72.8 Å². The SMILES string of the molecule is NN1C(=O)C=CC1=O.O=C1OC2(c3ccc(O)cc3Oc3cc(O)ccc32)c2ccccc21. The summed E-state index contributed by atoms with van der Waals surface area (Å²) in [6.45, 7) is 0. The summed E-state index contributed by atoms with van der Waals surface area (Å²) in [5.41, 5.74) is 1.28. The van der Waals surface area contributed by atoms with Crippen molar-refractivity contribution in [2.75, 3.05) is 0 Å². The first kappa shape index (κ1) is 20.3. The molecule has 3 aromatic carbocycles. The molecular formula is C24H16N2O7. The van der Waals surface area contributed by atoms with Crippen LogP contribution < -0.4 is 10.6 Å². The number of esters is 1. The van der Waals surface area contributed by atoms with Crippen molar-refractivity contribution in [3.05, 3.63) is 95.1 Å². The van der Waals surface area contributed by atoms with E-state index in [1.54, 1.807) is 24.3 Å². The van der Waals surface area contributed by atoms with Gasteiger partial charge in [-0.1, -0.05) is 18.2 Å². The van der Waals surface area contributed by atoms with Crippen LogP contribution >= 0.6 is 0 Å². The molecule has 3 aromatic rings. The Morgan fingerprint density at radius 1 is 0.758 bits per heavy atom. The third-order valence-electron chi connectivity index (χ3n) is 5.52. The molecule has 6 rings (SSSR count). The molecule has 1 spiro atoms. The second kappa shape index (κ2) is 7.21. The maximum Gasteiger partial charge on any atom is 0.340 e. The van der Waals surface area contributed by atoms with Crippen LogP contribution in [0.5, 0.6) is 23.0 Å². The molecule has 0 radical (unpaired) electrons. The van der Waals surface area contributed by atoms with Crippen molar-refractivity contribution in [1.29, 1.82) is 0 Å². The molecule has 0 saturated heterocycles. The number of hydrogen-bond acceptors (Lipinski definition) is 8. The van der Waals surface area contributed by atoms with Crippen LogP contribution in [0.3, 0.4) is 0 Å². The van der Waals surface area contributed by atoms with E-state index in [2.05, 4.69) is 0 Å². The number of phenols is 2. The molecule has 3 aliphatic heterocycles. The number of amides is 2. The Morgan fingerprint density at radius 2 is 1.30 bits per heavy atom. The van der Waals surface area contributed by atoms with Gasteiger partial charge in [-0.25, -0.2) is 15.6 Å². The zero-order valence-corrected chi connectivity index (χ0v) is 16.9. The van der Waals surface area contributed by atoms with Crippen LogP contribution in [0.25, 0.3) is 0 Å². The van der Waals surface area contributed by atoms with Crippen LogP contribution in [-0.4, -0.2) is 33.0 Å². The molecule has 0 aliphatic carbocycles. The molecule has 3 heterocycles. The van der Waals surface area contributed by atoms with Gasteiger partial charge in [0.05, 0.1) is 5.56 Å². The van der Waals surface area contributed by atoms with E-state index in [1.165, 1.54) is 24.3 Å². The predicted molar refractivity (Wildman–Crippen MR) is 113 cm³/mol. The summed E-state index contributed by atoms with van der Waals surface area (Å²) in [7, 11) is 0. The van der Waals surface area contributed by atoms with Crippen molar-refractivity contribution in [2.24, 2.45) is 5.84 Å². The summed E-state index contributed by atoms with van der Waals surface area (Å²) < 4.78 is 11.8. The van der Waals surface area contributed by atoms with E-state index in [1.807, 2.05) is 12.1 Å². The van der Waals surface area contributed by atoms with Crippen LogP contribution in [0.1, 0.15) is 27.0 Å². The fourth-order valence-electron chi connectivity index (χ4n) is 4.07. The molecule has 33 heavy (non-hydrogen) atoms. The van der Waals surface area contributed by atoms with Gasteiger partial charge in [0.15, 0.2) is 5.60 Å². The van der Waals surface area contributed by atoms with Crippen molar-refractivity contribution in [3.63, 3.8) is 0 Å². The summed E-state index contributed by atoms with van der Waals surface area (Å²) in [4.78, 5) is 33.1. The van der Waals surface area contributed by atoms with Gasteiger partial charge in [0.25, 0.3) is 11.8 Å². The number of imide groups is 1. The maximum absolute atomic E-state index is 12.5. The zero-order chi connectivity index (χ0) is 23.3. The number of carbonyl (C=O) groups excluding carboxylic acids is 3. The number of ether oxygens (including phenoxy) is 2. The smallest absolute Gasteiger partial charge is 0.340 e. The number of rotatable bonds is 0. The minimum absolute atomic E-state index is 0.0371. The van der Waals surface area contributed by atoms with Gasteiger partial charge in [-0.2, -0.15) is 0 Å². The van der Waals surface area contributed by atoms with Gasteiger partial charge >= 0.3 is 5.97 Å². The number of benzene rings is 3. The quantitative estimate of drug-likeness (QED) is 0.208. The predicted octanol–water partition coefficient (Wildman–Crippen LogP) is 2.45. The normalized spacial score (nSPS) is 16.4. The Labute approximate surface area is 186 Å². The van der Waals surface area contributed by atoms with Crippen LogP contribution in [0, 0.1) is 0 Å². The second-order valence-corrected chi connectivity index (χ2v) is 7.46. The molecule has 2 amide bonds. The van der Waals surface area contributed by atoms with E-state index in [0.29, 0.717) is 38.8 Å². The van der Waals surface area contributed by atoms with Crippen molar-refractivity contribution in [2.45, 2.75) is 5.60 Å². The number of aromatic hydroxyl groups is 2. The number of nitrogens with zero attached hydrogens (tertiary/aromatic N) is 1. The van der Waals surface area contributed by atoms with Gasteiger partial charge in [0.1, 0.15) is 23.0 Å². The Bertz CT molecular complexity index is 1310. The Hall–Kier alpha value is -4.63. The van der Waals surface area contributed by atoms with Crippen molar-refractivity contribution in [3.8, 4) is 23.0 Å². The van der Waals surface area contributed by atoms with E-state index in [9.17, 15) is 24.6 Å². The van der Waals surface area contributed by atoms with Crippen LogP contribution in [0.2, 0.25) is 0 Å². The average Bonchev–Trinajstić information content (AvgIpc) is 3.25. The lowest BCUT2D eigenvalue weighted by molar-refractivity contribution is -0.137. The highest BCUT2D eigenvalue weighted by Crippen LogP contribution is 2.56. The molecule has 9 nitrogen and oxygen atoms in total. The van der Waals surface area contributed by atoms with E-state index < -0.39 is 23.4 Å². The third-order valence-corrected chi connectivity index (χ3v) is 5.52. The van der Waals surface area contributed by atoms with Gasteiger partial charge < -0.3 is 19.7 Å². The minimum atomic E-state index is -1.17. The minimum Gasteiger partial charge on any atom is -0.508 e. The first-order chi connectivity index (χ1) is 15.8. The van der Waals surface area contributed by atoms with Crippen molar-refractivity contribution < 1.29 is 34.1 Å². The van der Waals surface area contributed by atoms with E-state index in [0.717, 1.165) is 12.2 Å². The number of hydrogen-bond donors (Lipinski definition) is 3. The van der Waals surface area contributed by atoms with Gasteiger partial charge in [-0.05, 0) is 30.3 Å². The molecule has 0 saturated carbocycles. The topological polar surface area (TPSA) is 139 Å². The van der Waals surface area contributed by atoms with Crippen molar-refractivity contribution in [1.82, 2.24) is 5.01 Å². The molecule has 9 heteroatoms. The molecule has 0 aromatic heterocycles. The van der Waals surface area contributed by atoms with Crippen LogP contribution in [0.4, 0.5) is 0 Å². The third kappa shape index (κ3) is 3.02. The largest absolute Gasteiger partial charge is 0.508 e. The zero-order valence-electron chi connectivity index (χ0n) is 16.9. The summed E-state index contributed by atoms with van der Waals surface area (Å²) in [6.07, 6.45) is 2.25. The highest BCUT2D eigenvalue weighted by molar-refractivity contribution is 6.12. The standard InChI is InChI=1S/C20H12O5.C4H4N2O2/c21-11-5-7-15-17(9-11)24-18-10-12(22)6-8-16(18)20(15)14-4-2-1-3-13(14)19(23)25-20;5-6-3(7)1-2-4(6)8/h1-10,21-22H;1-2H,5H2. The van der Waals surface area contributed by atoms with Gasteiger partial charge in [-0.3, -0.25) is 9.59 Å². The molecule has 164 valence electrons. The Morgan fingerprint density at radius 3 is 1.82 bits per heavy atom. The highest BCUT2D eigenvalue weighted by Gasteiger charge is 2.53. The van der Waals surface area contributed by atoms with Gasteiger partial charge in [0, 0.05) is 41.0 Å². The Balaban J connectivity index is 0.000000243. The average molecular weight is 444 g/mol. The van der Waals surface area contributed by atoms with Crippen molar-refractivity contribution >= 4 is 17.8 Å². The number of fused-ring (bicyclic) bond motifs is 6. The molecule has 3 aliphatic rings. The maximum atomic E-state index is 12.5. The summed E-state index contributed by atoms with van der Waals surface area (Å²) in [5.74, 6) is 4.38. The fourth-order valence-corrected chi connectivity index (χ4v) is 4.07. The van der Waals surface area contributed by atoms with E-state index in [-0.39, 0.29) is 11.5 Å². The lowest BCUT2D eigenvalue weighted by Gasteiger charge is -2.36. The number of carbonyl (C=O) groups is 3. The fraction of sp³-hybridized carbons (Fsp3) is 0.0417. The number of hydrazine groups is 1. The van der Waals surface area contributed by atoms with Gasteiger partial charge in [0.2, 0.25) is 0 Å². The summed E-state index contributed by atoms with van der Waals surface area (Å²) in [5, 5.41) is 20.2. The van der Waals surface area contributed by atoms with E-state index in [4.69, 9.17) is 15.3 Å². The lowest BCUT2D eigenvalue weighted by Crippen LogP contribution is -2.36. The monoisotopic (exact) mass is 444 g/mol. The molecule has 0 fully saturated rings. The summed E-state index contributed by atoms with van der Waals surface area (Å²) >= 11 is 0. The second-order valence-electron chi connectivity index (χ2n) is 7.46.